The minimum Gasteiger partial charge on any atom is -0.425 e. The van der Waals surface area contributed by atoms with Crippen molar-refractivity contribution < 1.29 is 13.9 Å². The van der Waals surface area contributed by atoms with Crippen LogP contribution in [0, 0.1) is 0 Å². The van der Waals surface area contributed by atoms with Crippen molar-refractivity contribution in [3.05, 3.63) is 86.5 Å². The van der Waals surface area contributed by atoms with Gasteiger partial charge in [-0.05, 0) is 29.7 Å². The fourth-order valence-electron chi connectivity index (χ4n) is 3.66. The Morgan fingerprint density at radius 2 is 1.74 bits per heavy atom. The fourth-order valence-corrected chi connectivity index (χ4v) is 3.66. The zero-order valence-electron chi connectivity index (χ0n) is 14.0. The SMILES string of the molecule is O=C1C[C@H](c2cc3ccccc3[nH]c2=O)c2c(c3ccccc3oc2=O)O1. The van der Waals surface area contributed by atoms with Crippen molar-refractivity contribution in [2.45, 2.75) is 12.3 Å². The molecule has 0 saturated carbocycles. The van der Waals surface area contributed by atoms with Gasteiger partial charge in [-0.15, -0.1) is 0 Å². The van der Waals surface area contributed by atoms with Crippen LogP contribution in [0.5, 0.6) is 5.75 Å². The maximum atomic E-state index is 12.7. The number of ether oxygens (including phenoxy) is 1. The number of carbonyl (C=O) groups excluding carboxylic acids is 1. The predicted octanol–water partition coefficient (Wildman–Crippen LogP) is 3.08. The summed E-state index contributed by atoms with van der Waals surface area (Å²) >= 11 is 0. The highest BCUT2D eigenvalue weighted by atomic mass is 16.5. The molecule has 5 rings (SSSR count). The molecule has 0 aliphatic carbocycles. The van der Waals surface area contributed by atoms with Gasteiger partial charge in [-0.2, -0.15) is 0 Å². The van der Waals surface area contributed by atoms with E-state index in [0.29, 0.717) is 22.0 Å². The van der Waals surface area contributed by atoms with Gasteiger partial charge in [-0.3, -0.25) is 9.59 Å². The van der Waals surface area contributed by atoms with E-state index in [1.54, 1.807) is 36.4 Å². The third-order valence-corrected chi connectivity index (χ3v) is 4.89. The summed E-state index contributed by atoms with van der Waals surface area (Å²) in [4.78, 5) is 40.4. The fraction of sp³-hybridized carbons (Fsp3) is 0.0952. The molecule has 4 aromatic rings. The smallest absolute Gasteiger partial charge is 0.343 e. The molecule has 6 heteroatoms. The van der Waals surface area contributed by atoms with E-state index in [9.17, 15) is 14.4 Å². The molecule has 6 nitrogen and oxygen atoms in total. The van der Waals surface area contributed by atoms with Gasteiger partial charge in [0.2, 0.25) is 0 Å². The van der Waals surface area contributed by atoms with E-state index in [2.05, 4.69) is 4.98 Å². The van der Waals surface area contributed by atoms with Crippen molar-refractivity contribution in [2.75, 3.05) is 0 Å². The molecule has 3 heterocycles. The largest absolute Gasteiger partial charge is 0.425 e. The van der Waals surface area contributed by atoms with Crippen LogP contribution in [0.2, 0.25) is 0 Å². The lowest BCUT2D eigenvalue weighted by molar-refractivity contribution is -0.135. The van der Waals surface area contributed by atoms with Crippen molar-refractivity contribution in [3.63, 3.8) is 0 Å². The van der Waals surface area contributed by atoms with Crippen LogP contribution in [0.15, 0.2) is 68.6 Å². The first-order valence-electron chi connectivity index (χ1n) is 8.50. The highest BCUT2D eigenvalue weighted by Crippen LogP contribution is 2.40. The molecule has 1 N–H and O–H groups in total. The summed E-state index contributed by atoms with van der Waals surface area (Å²) in [5, 5.41) is 1.35. The van der Waals surface area contributed by atoms with Gasteiger partial charge in [0, 0.05) is 17.0 Å². The second kappa shape index (κ2) is 5.67. The lowest BCUT2D eigenvalue weighted by atomic mass is 9.87. The van der Waals surface area contributed by atoms with Crippen molar-refractivity contribution in [2.24, 2.45) is 0 Å². The van der Waals surface area contributed by atoms with Crippen LogP contribution < -0.4 is 15.9 Å². The molecule has 0 bridgehead atoms. The summed E-state index contributed by atoms with van der Waals surface area (Å²) in [7, 11) is 0. The van der Waals surface area contributed by atoms with E-state index in [-0.39, 0.29) is 23.3 Å². The van der Waals surface area contributed by atoms with Gasteiger partial charge in [0.1, 0.15) is 5.58 Å². The van der Waals surface area contributed by atoms with E-state index in [4.69, 9.17) is 9.15 Å². The molecule has 0 spiro atoms. The number of fused-ring (bicyclic) bond motifs is 4. The number of esters is 1. The Hall–Kier alpha value is -3.67. The first-order chi connectivity index (χ1) is 13.1. The number of hydrogen-bond donors (Lipinski definition) is 1. The number of rotatable bonds is 1. The van der Waals surface area contributed by atoms with Crippen LogP contribution >= 0.6 is 0 Å². The molecule has 0 unspecified atom stereocenters. The Bertz CT molecular complexity index is 1350. The van der Waals surface area contributed by atoms with Gasteiger partial charge in [-0.1, -0.05) is 30.3 Å². The molecule has 0 saturated heterocycles. The van der Waals surface area contributed by atoms with Crippen molar-refractivity contribution in [3.8, 4) is 5.75 Å². The molecule has 2 aromatic carbocycles. The van der Waals surface area contributed by atoms with Gasteiger partial charge in [-0.25, -0.2) is 4.79 Å². The second-order valence-electron chi connectivity index (χ2n) is 6.50. The molecule has 0 amide bonds. The number of pyridine rings is 1. The highest BCUT2D eigenvalue weighted by Gasteiger charge is 2.35. The summed E-state index contributed by atoms with van der Waals surface area (Å²) < 4.78 is 10.8. The van der Waals surface area contributed by atoms with Crippen LogP contribution in [0.3, 0.4) is 0 Å². The molecule has 27 heavy (non-hydrogen) atoms. The first-order valence-corrected chi connectivity index (χ1v) is 8.50. The Labute approximate surface area is 152 Å². The van der Waals surface area contributed by atoms with Gasteiger partial charge < -0.3 is 14.1 Å². The Kier molecular flexibility index (Phi) is 3.27. The molecular weight excluding hydrogens is 346 g/mol. The Balaban J connectivity index is 1.82. The average molecular weight is 359 g/mol. The minimum atomic E-state index is -0.726. The van der Waals surface area contributed by atoms with E-state index in [1.165, 1.54) is 0 Å². The lowest BCUT2D eigenvalue weighted by Gasteiger charge is -2.24. The summed E-state index contributed by atoms with van der Waals surface area (Å²) in [6.45, 7) is 0. The minimum absolute atomic E-state index is 0.0997. The molecular formula is C21H13NO5. The lowest BCUT2D eigenvalue weighted by Crippen LogP contribution is -2.30. The van der Waals surface area contributed by atoms with E-state index >= 15 is 0 Å². The van der Waals surface area contributed by atoms with Crippen molar-refractivity contribution in [1.29, 1.82) is 0 Å². The standard InChI is InChI=1S/C21H13NO5/c23-17-10-13(14-9-11-5-1-3-7-15(11)22-20(14)24)18-19(27-17)12-6-2-4-8-16(12)26-21(18)25/h1-9,13H,10H2,(H,22,24)/t13-/m1/s1. The van der Waals surface area contributed by atoms with Gasteiger partial charge >= 0.3 is 11.6 Å². The van der Waals surface area contributed by atoms with E-state index in [0.717, 1.165) is 5.39 Å². The van der Waals surface area contributed by atoms with Crippen molar-refractivity contribution >= 4 is 27.8 Å². The average Bonchev–Trinajstić information content (AvgIpc) is 2.67. The number of aromatic amines is 1. The third-order valence-electron chi connectivity index (χ3n) is 4.89. The Morgan fingerprint density at radius 3 is 2.63 bits per heavy atom. The molecule has 2 aromatic heterocycles. The molecule has 1 aliphatic rings. The summed E-state index contributed by atoms with van der Waals surface area (Å²) in [6.07, 6.45) is -0.0997. The molecule has 1 aliphatic heterocycles. The summed E-state index contributed by atoms with van der Waals surface area (Å²) in [5.74, 6) is -1.04. The first kappa shape index (κ1) is 15.6. The topological polar surface area (TPSA) is 89.4 Å². The number of hydrogen-bond acceptors (Lipinski definition) is 5. The van der Waals surface area contributed by atoms with E-state index < -0.39 is 17.5 Å². The van der Waals surface area contributed by atoms with Crippen molar-refractivity contribution in [1.82, 2.24) is 4.98 Å². The quantitative estimate of drug-likeness (QED) is 0.417. The van der Waals surface area contributed by atoms with E-state index in [1.807, 2.05) is 18.2 Å². The number of para-hydroxylation sites is 2. The molecule has 0 fully saturated rings. The number of benzene rings is 2. The zero-order chi connectivity index (χ0) is 18.5. The summed E-state index contributed by atoms with van der Waals surface area (Å²) in [5.41, 5.74) is 0.626. The van der Waals surface area contributed by atoms with Crippen LogP contribution in [0.1, 0.15) is 23.5 Å². The van der Waals surface area contributed by atoms with Crippen LogP contribution in [0.4, 0.5) is 0 Å². The zero-order valence-corrected chi connectivity index (χ0v) is 14.0. The number of H-pyrrole nitrogens is 1. The summed E-state index contributed by atoms with van der Waals surface area (Å²) in [6, 6.07) is 15.9. The Morgan fingerprint density at radius 1 is 0.963 bits per heavy atom. The molecule has 0 radical (unpaired) electrons. The van der Waals surface area contributed by atoms with Crippen LogP contribution in [-0.4, -0.2) is 11.0 Å². The van der Waals surface area contributed by atoms with Crippen LogP contribution in [0.25, 0.3) is 21.9 Å². The number of aromatic nitrogens is 1. The maximum Gasteiger partial charge on any atom is 0.343 e. The monoisotopic (exact) mass is 359 g/mol. The van der Waals surface area contributed by atoms with Gasteiger partial charge in [0.05, 0.1) is 17.4 Å². The number of carbonyl (C=O) groups is 1. The predicted molar refractivity (Wildman–Crippen MR) is 99.1 cm³/mol. The second-order valence-corrected chi connectivity index (χ2v) is 6.50. The molecule has 1 atom stereocenters. The number of nitrogens with one attached hydrogen (secondary N) is 1. The van der Waals surface area contributed by atoms with Crippen LogP contribution in [-0.2, 0) is 4.79 Å². The van der Waals surface area contributed by atoms with Gasteiger partial charge in [0.15, 0.2) is 5.75 Å². The van der Waals surface area contributed by atoms with Gasteiger partial charge in [0.25, 0.3) is 5.56 Å². The maximum absolute atomic E-state index is 12.7. The normalized spacial score (nSPS) is 16.3. The highest BCUT2D eigenvalue weighted by molar-refractivity contribution is 5.90. The third kappa shape index (κ3) is 2.38. The molecule has 132 valence electrons.